The monoisotopic (exact) mass is 439 g/mol. The fraction of sp³-hybridized carbons (Fsp3) is 0.500. The third-order valence-corrected chi connectivity index (χ3v) is 7.99. The van der Waals surface area contributed by atoms with Crippen LogP contribution in [0.3, 0.4) is 0 Å². The van der Waals surface area contributed by atoms with Crippen molar-refractivity contribution in [1.82, 2.24) is 9.55 Å². The molecule has 5 rings (SSSR count). The molecule has 0 unspecified atom stereocenters. The fourth-order valence-corrected chi connectivity index (χ4v) is 6.17. The normalized spacial score (nSPS) is 17.5. The Morgan fingerprint density at radius 3 is 2.55 bits per heavy atom. The van der Waals surface area contributed by atoms with Gasteiger partial charge in [-0.2, -0.15) is 0 Å². The Bertz CT molecular complexity index is 1130. The van der Waals surface area contributed by atoms with Crippen LogP contribution in [-0.2, 0) is 12.8 Å². The first kappa shape index (κ1) is 20.5. The molecule has 1 fully saturated rings. The van der Waals surface area contributed by atoms with E-state index in [2.05, 4.69) is 11.8 Å². The van der Waals surface area contributed by atoms with E-state index in [4.69, 9.17) is 9.72 Å². The van der Waals surface area contributed by atoms with Crippen molar-refractivity contribution in [3.05, 3.63) is 45.1 Å². The zero-order valence-electron chi connectivity index (χ0n) is 18.4. The van der Waals surface area contributed by atoms with E-state index in [0.717, 1.165) is 79.6 Å². The van der Waals surface area contributed by atoms with Gasteiger partial charge in [0.15, 0.2) is 0 Å². The highest BCUT2D eigenvalue weighted by Gasteiger charge is 2.27. The molecule has 1 saturated heterocycles. The molecule has 1 aliphatic carbocycles. The van der Waals surface area contributed by atoms with Gasteiger partial charge in [0.1, 0.15) is 10.6 Å². The Hall–Kier alpha value is -2.38. The number of aromatic nitrogens is 2. The number of thiophene rings is 1. The Morgan fingerprint density at radius 2 is 1.84 bits per heavy atom. The van der Waals surface area contributed by atoms with Crippen molar-refractivity contribution in [2.45, 2.75) is 39.0 Å². The van der Waals surface area contributed by atoms with Gasteiger partial charge in [0.05, 0.1) is 50.9 Å². The Balaban J connectivity index is 1.69. The van der Waals surface area contributed by atoms with E-state index in [1.54, 1.807) is 23.3 Å². The van der Waals surface area contributed by atoms with Crippen LogP contribution in [0.1, 0.15) is 36.6 Å². The minimum Gasteiger partial charge on any atom is -0.497 e. The summed E-state index contributed by atoms with van der Waals surface area (Å²) in [7, 11) is 1.66. The summed E-state index contributed by atoms with van der Waals surface area (Å²) in [5, 5.41) is 0.847. The summed E-state index contributed by atoms with van der Waals surface area (Å²) in [5.74, 6) is 1.58. The molecule has 31 heavy (non-hydrogen) atoms. The van der Waals surface area contributed by atoms with Gasteiger partial charge >= 0.3 is 0 Å². The molecule has 1 N–H and O–H groups in total. The van der Waals surface area contributed by atoms with Crippen LogP contribution < -0.4 is 20.1 Å². The summed E-state index contributed by atoms with van der Waals surface area (Å²) in [4.78, 5) is 25.3. The van der Waals surface area contributed by atoms with Gasteiger partial charge in [-0.05, 0) is 62.4 Å². The number of piperazine rings is 1. The third-order valence-electron chi connectivity index (χ3n) is 6.81. The lowest BCUT2D eigenvalue weighted by Gasteiger charge is -2.33. The Morgan fingerprint density at radius 1 is 1.10 bits per heavy atom. The lowest BCUT2D eigenvalue weighted by molar-refractivity contribution is -0.898. The van der Waals surface area contributed by atoms with E-state index in [9.17, 15) is 4.79 Å². The number of methoxy groups -OCH3 is 1. The van der Waals surface area contributed by atoms with Gasteiger partial charge in [0.2, 0.25) is 5.95 Å². The number of fused-ring (bicyclic) bond motifs is 3. The number of nitrogens with one attached hydrogen (secondary N) is 1. The molecule has 1 aliphatic heterocycles. The van der Waals surface area contributed by atoms with E-state index in [0.29, 0.717) is 0 Å². The average Bonchev–Trinajstić information content (AvgIpc) is 3.00. The summed E-state index contributed by atoms with van der Waals surface area (Å²) in [5.41, 5.74) is 2.19. The number of anilines is 1. The maximum atomic E-state index is 14.0. The molecule has 3 heterocycles. The quantitative estimate of drug-likeness (QED) is 0.635. The molecule has 6 nitrogen and oxygen atoms in total. The maximum Gasteiger partial charge on any atom is 0.268 e. The molecule has 0 atom stereocenters. The third kappa shape index (κ3) is 3.74. The average molecular weight is 440 g/mol. The van der Waals surface area contributed by atoms with Crippen LogP contribution in [0.15, 0.2) is 29.1 Å². The molecule has 0 amide bonds. The van der Waals surface area contributed by atoms with Crippen LogP contribution in [0.4, 0.5) is 5.95 Å². The number of aryl methyl sites for hydroxylation is 2. The van der Waals surface area contributed by atoms with Gasteiger partial charge in [-0.1, -0.05) is 6.42 Å². The second-order valence-electron chi connectivity index (χ2n) is 8.59. The first-order chi connectivity index (χ1) is 15.2. The first-order valence-electron chi connectivity index (χ1n) is 11.5. The fourth-order valence-electron chi connectivity index (χ4n) is 4.92. The van der Waals surface area contributed by atoms with Crippen molar-refractivity contribution >= 4 is 27.5 Å². The number of benzene rings is 1. The van der Waals surface area contributed by atoms with Gasteiger partial charge in [-0.15, -0.1) is 11.3 Å². The number of likely N-dealkylation sites (N-methyl/N-ethyl adjacent to an activating group) is 1. The molecular weight excluding hydrogens is 408 g/mol. The zero-order chi connectivity index (χ0) is 21.4. The topological polar surface area (TPSA) is 51.8 Å². The van der Waals surface area contributed by atoms with Crippen molar-refractivity contribution in [3.8, 4) is 11.4 Å². The van der Waals surface area contributed by atoms with Crippen molar-refractivity contribution in [3.63, 3.8) is 0 Å². The molecule has 0 spiro atoms. The van der Waals surface area contributed by atoms with Gasteiger partial charge in [-0.25, -0.2) is 9.55 Å². The predicted octanol–water partition coefficient (Wildman–Crippen LogP) is 2.45. The molecule has 0 saturated carbocycles. The molecular formula is C24H31N4O2S+. The summed E-state index contributed by atoms with van der Waals surface area (Å²) in [6.07, 6.45) is 5.68. The van der Waals surface area contributed by atoms with Crippen LogP contribution in [-0.4, -0.2) is 49.4 Å². The van der Waals surface area contributed by atoms with Crippen molar-refractivity contribution in [2.24, 2.45) is 0 Å². The number of nitrogens with zero attached hydrogens (tertiary/aromatic N) is 3. The van der Waals surface area contributed by atoms with Gasteiger partial charge in [0.25, 0.3) is 5.56 Å². The molecule has 0 radical (unpaired) electrons. The smallest absolute Gasteiger partial charge is 0.268 e. The molecule has 7 heteroatoms. The molecule has 0 bridgehead atoms. The summed E-state index contributed by atoms with van der Waals surface area (Å²) in [6, 6.07) is 7.78. The lowest BCUT2D eigenvalue weighted by atomic mass is 10.1. The Kier molecular flexibility index (Phi) is 5.71. The van der Waals surface area contributed by atoms with E-state index >= 15 is 0 Å². The molecule has 2 aromatic heterocycles. The molecule has 1 aromatic carbocycles. The summed E-state index contributed by atoms with van der Waals surface area (Å²) in [6.45, 7) is 7.37. The number of ether oxygens (including phenoxy) is 1. The van der Waals surface area contributed by atoms with E-state index < -0.39 is 0 Å². The maximum absolute atomic E-state index is 14.0. The van der Waals surface area contributed by atoms with Gasteiger partial charge in [-0.3, -0.25) is 4.79 Å². The minimum atomic E-state index is 0.0786. The zero-order valence-corrected chi connectivity index (χ0v) is 19.3. The number of quaternary nitrogens is 1. The standard InChI is InChI=1S/C24H30N4O2S/c1-3-26-13-15-27(16-14-26)24-25-22-21(19-7-5-4-6-8-20(19)31-22)23(29)28(24)17-9-11-18(30-2)12-10-17/h9-12H,3-8,13-16H2,1-2H3/p+1. The lowest BCUT2D eigenvalue weighted by Crippen LogP contribution is -3.14. The summed E-state index contributed by atoms with van der Waals surface area (Å²) >= 11 is 1.74. The summed E-state index contributed by atoms with van der Waals surface area (Å²) < 4.78 is 7.18. The predicted molar refractivity (Wildman–Crippen MR) is 126 cm³/mol. The first-order valence-corrected chi connectivity index (χ1v) is 12.3. The SMILES string of the molecule is CC[NH+]1CCN(c2nc3sc4c(c3c(=O)n2-c2ccc(OC)cc2)CCCCC4)CC1. The van der Waals surface area contributed by atoms with E-state index in [1.165, 1.54) is 23.3 Å². The number of hydrogen-bond acceptors (Lipinski definition) is 5. The largest absolute Gasteiger partial charge is 0.497 e. The van der Waals surface area contributed by atoms with Crippen molar-refractivity contribution in [1.29, 1.82) is 0 Å². The molecule has 2 aliphatic rings. The molecule has 3 aromatic rings. The minimum absolute atomic E-state index is 0.0786. The van der Waals surface area contributed by atoms with Crippen molar-refractivity contribution in [2.75, 3.05) is 44.7 Å². The van der Waals surface area contributed by atoms with Crippen LogP contribution in [0, 0.1) is 0 Å². The second kappa shape index (κ2) is 8.63. The van der Waals surface area contributed by atoms with E-state index in [1.807, 2.05) is 28.8 Å². The highest BCUT2D eigenvalue weighted by Crippen LogP contribution is 2.34. The molecule has 164 valence electrons. The van der Waals surface area contributed by atoms with Crippen LogP contribution in [0.25, 0.3) is 15.9 Å². The second-order valence-corrected chi connectivity index (χ2v) is 9.67. The highest BCUT2D eigenvalue weighted by atomic mass is 32.1. The van der Waals surface area contributed by atoms with Crippen LogP contribution >= 0.6 is 11.3 Å². The van der Waals surface area contributed by atoms with Crippen LogP contribution in [0.2, 0.25) is 0 Å². The van der Waals surface area contributed by atoms with Gasteiger partial charge < -0.3 is 14.5 Å². The highest BCUT2D eigenvalue weighted by molar-refractivity contribution is 7.18. The van der Waals surface area contributed by atoms with Crippen molar-refractivity contribution < 1.29 is 9.64 Å². The van der Waals surface area contributed by atoms with E-state index in [-0.39, 0.29) is 5.56 Å². The van der Waals surface area contributed by atoms with Crippen LogP contribution in [0.5, 0.6) is 5.75 Å². The number of rotatable bonds is 4. The van der Waals surface area contributed by atoms with Gasteiger partial charge in [0, 0.05) is 4.88 Å². The Labute approximate surface area is 187 Å². The number of hydrogen-bond donors (Lipinski definition) is 1.